The molecule has 0 aliphatic heterocycles. The van der Waals surface area contributed by atoms with E-state index in [1.807, 2.05) is 51.1 Å². The first kappa shape index (κ1) is 17.7. The Balaban J connectivity index is 1.62. The van der Waals surface area contributed by atoms with Crippen LogP contribution in [0.4, 0.5) is 5.69 Å². The maximum absolute atomic E-state index is 12.3. The number of aromatic nitrogens is 1. The van der Waals surface area contributed by atoms with Crippen LogP contribution in [-0.4, -0.2) is 23.5 Å². The molecule has 5 nitrogen and oxygen atoms in total. The molecular formula is C21H22N2O3. The number of fused-ring (bicyclic) bond motifs is 1. The summed E-state index contributed by atoms with van der Waals surface area (Å²) in [6.45, 7) is 5.72. The summed E-state index contributed by atoms with van der Waals surface area (Å²) in [6, 6.07) is 12.9. The van der Waals surface area contributed by atoms with Gasteiger partial charge in [0.05, 0.1) is 5.56 Å². The number of anilines is 1. The van der Waals surface area contributed by atoms with Gasteiger partial charge < -0.3 is 15.0 Å². The van der Waals surface area contributed by atoms with Crippen LogP contribution in [-0.2, 0) is 16.0 Å². The van der Waals surface area contributed by atoms with E-state index in [0.717, 1.165) is 34.1 Å². The van der Waals surface area contributed by atoms with Crippen LogP contribution in [0.25, 0.3) is 10.9 Å². The average molecular weight is 350 g/mol. The minimum Gasteiger partial charge on any atom is -0.452 e. The second-order valence-corrected chi connectivity index (χ2v) is 6.31. The van der Waals surface area contributed by atoms with Gasteiger partial charge in [-0.2, -0.15) is 0 Å². The van der Waals surface area contributed by atoms with E-state index in [-0.39, 0.29) is 12.5 Å². The fourth-order valence-corrected chi connectivity index (χ4v) is 2.87. The van der Waals surface area contributed by atoms with Gasteiger partial charge in [0, 0.05) is 22.3 Å². The molecular weight excluding hydrogens is 328 g/mol. The number of aryl methyl sites for hydroxylation is 3. The largest absolute Gasteiger partial charge is 0.452 e. The Bertz CT molecular complexity index is 973. The van der Waals surface area contributed by atoms with Gasteiger partial charge in [-0.25, -0.2) is 4.79 Å². The molecule has 0 saturated heterocycles. The summed E-state index contributed by atoms with van der Waals surface area (Å²) in [4.78, 5) is 27.5. The van der Waals surface area contributed by atoms with Crippen LogP contribution < -0.4 is 5.32 Å². The lowest BCUT2D eigenvalue weighted by Gasteiger charge is -2.08. The monoisotopic (exact) mass is 350 g/mol. The highest BCUT2D eigenvalue weighted by Crippen LogP contribution is 2.22. The van der Waals surface area contributed by atoms with Crippen molar-refractivity contribution in [1.29, 1.82) is 0 Å². The van der Waals surface area contributed by atoms with Crippen LogP contribution >= 0.6 is 0 Å². The lowest BCUT2D eigenvalue weighted by molar-refractivity contribution is -0.119. The van der Waals surface area contributed by atoms with E-state index in [1.165, 1.54) is 0 Å². The molecule has 0 radical (unpaired) electrons. The molecule has 0 atom stereocenters. The molecule has 2 N–H and O–H groups in total. The van der Waals surface area contributed by atoms with E-state index in [9.17, 15) is 9.59 Å². The zero-order valence-electron chi connectivity index (χ0n) is 15.2. The van der Waals surface area contributed by atoms with Crippen molar-refractivity contribution in [3.63, 3.8) is 0 Å². The average Bonchev–Trinajstić information content (AvgIpc) is 2.93. The molecule has 0 aliphatic carbocycles. The van der Waals surface area contributed by atoms with Crippen LogP contribution in [0.1, 0.15) is 34.1 Å². The van der Waals surface area contributed by atoms with Gasteiger partial charge in [0.25, 0.3) is 5.91 Å². The SMILES string of the molecule is CCc1cccc(NC(=O)COC(=O)c2ccc3[nH]c(C)c(C)c3c2)c1. The van der Waals surface area contributed by atoms with Crippen LogP contribution in [0.5, 0.6) is 0 Å². The fraction of sp³-hybridized carbons (Fsp3) is 0.238. The molecule has 5 heteroatoms. The molecule has 0 fully saturated rings. The molecule has 0 bridgehead atoms. The van der Waals surface area contributed by atoms with E-state index in [0.29, 0.717) is 11.3 Å². The molecule has 0 aliphatic rings. The maximum Gasteiger partial charge on any atom is 0.338 e. The Kier molecular flexibility index (Phi) is 5.07. The number of esters is 1. The summed E-state index contributed by atoms with van der Waals surface area (Å²) in [5, 5.41) is 3.73. The third kappa shape index (κ3) is 3.77. The summed E-state index contributed by atoms with van der Waals surface area (Å²) < 4.78 is 5.15. The van der Waals surface area contributed by atoms with Gasteiger partial charge in [0.15, 0.2) is 6.61 Å². The smallest absolute Gasteiger partial charge is 0.338 e. The Hall–Kier alpha value is -3.08. The number of carbonyl (C=O) groups is 2. The Morgan fingerprint density at radius 3 is 2.69 bits per heavy atom. The molecule has 2 aromatic carbocycles. The van der Waals surface area contributed by atoms with Crippen molar-refractivity contribution < 1.29 is 14.3 Å². The van der Waals surface area contributed by atoms with Crippen molar-refractivity contribution in [3.8, 4) is 0 Å². The van der Waals surface area contributed by atoms with Crippen LogP contribution in [0.15, 0.2) is 42.5 Å². The van der Waals surface area contributed by atoms with Gasteiger partial charge in [-0.3, -0.25) is 4.79 Å². The van der Waals surface area contributed by atoms with Gasteiger partial charge in [-0.1, -0.05) is 19.1 Å². The van der Waals surface area contributed by atoms with E-state index >= 15 is 0 Å². The van der Waals surface area contributed by atoms with Crippen molar-refractivity contribution >= 4 is 28.5 Å². The molecule has 0 spiro atoms. The summed E-state index contributed by atoms with van der Waals surface area (Å²) >= 11 is 0. The summed E-state index contributed by atoms with van der Waals surface area (Å²) in [7, 11) is 0. The predicted octanol–water partition coefficient (Wildman–Crippen LogP) is 4.14. The first-order valence-corrected chi connectivity index (χ1v) is 8.62. The Labute approximate surface area is 152 Å². The number of hydrogen-bond donors (Lipinski definition) is 2. The first-order chi connectivity index (χ1) is 12.5. The zero-order valence-corrected chi connectivity index (χ0v) is 15.2. The molecule has 3 rings (SSSR count). The normalized spacial score (nSPS) is 10.7. The van der Waals surface area contributed by atoms with Gasteiger partial charge in [-0.15, -0.1) is 0 Å². The third-order valence-corrected chi connectivity index (χ3v) is 4.50. The topological polar surface area (TPSA) is 71.2 Å². The molecule has 0 saturated carbocycles. The number of hydrogen-bond acceptors (Lipinski definition) is 3. The Morgan fingerprint density at radius 1 is 1.12 bits per heavy atom. The maximum atomic E-state index is 12.3. The van der Waals surface area contributed by atoms with E-state index in [2.05, 4.69) is 10.3 Å². The van der Waals surface area contributed by atoms with Crippen molar-refractivity contribution in [3.05, 3.63) is 64.8 Å². The summed E-state index contributed by atoms with van der Waals surface area (Å²) in [5.74, 6) is -0.871. The van der Waals surface area contributed by atoms with Crippen molar-refractivity contribution in [2.24, 2.45) is 0 Å². The number of nitrogens with one attached hydrogen (secondary N) is 2. The lowest BCUT2D eigenvalue weighted by Crippen LogP contribution is -2.21. The summed E-state index contributed by atoms with van der Waals surface area (Å²) in [5.41, 5.74) is 5.41. The second-order valence-electron chi connectivity index (χ2n) is 6.31. The molecule has 1 aromatic heterocycles. The lowest BCUT2D eigenvalue weighted by atomic mass is 10.1. The van der Waals surface area contributed by atoms with E-state index < -0.39 is 5.97 Å². The molecule has 26 heavy (non-hydrogen) atoms. The number of rotatable bonds is 5. The Morgan fingerprint density at radius 2 is 1.92 bits per heavy atom. The van der Waals surface area contributed by atoms with Crippen molar-refractivity contribution in [1.82, 2.24) is 4.98 Å². The summed E-state index contributed by atoms with van der Waals surface area (Å²) in [6.07, 6.45) is 0.888. The van der Waals surface area contributed by atoms with Crippen LogP contribution in [0.3, 0.4) is 0 Å². The van der Waals surface area contributed by atoms with Gasteiger partial charge in [0.2, 0.25) is 0 Å². The quantitative estimate of drug-likeness (QED) is 0.679. The van der Waals surface area contributed by atoms with Crippen molar-refractivity contribution in [2.75, 3.05) is 11.9 Å². The highest BCUT2D eigenvalue weighted by molar-refractivity contribution is 5.98. The molecule has 134 valence electrons. The first-order valence-electron chi connectivity index (χ1n) is 8.62. The number of aromatic amines is 1. The standard InChI is InChI=1S/C21H22N2O3/c1-4-15-6-5-7-17(10-15)23-20(24)12-26-21(25)16-8-9-19-18(11-16)13(2)14(3)22-19/h5-11,22H,4,12H2,1-3H3,(H,23,24). The van der Waals surface area contributed by atoms with Crippen LogP contribution in [0, 0.1) is 13.8 Å². The highest BCUT2D eigenvalue weighted by Gasteiger charge is 2.13. The van der Waals surface area contributed by atoms with Crippen LogP contribution in [0.2, 0.25) is 0 Å². The minimum atomic E-state index is -0.511. The van der Waals surface area contributed by atoms with Gasteiger partial charge >= 0.3 is 5.97 Å². The molecule has 3 aromatic rings. The number of H-pyrrole nitrogens is 1. The third-order valence-electron chi connectivity index (χ3n) is 4.50. The zero-order chi connectivity index (χ0) is 18.7. The molecule has 1 heterocycles. The fourth-order valence-electron chi connectivity index (χ4n) is 2.87. The van der Waals surface area contributed by atoms with E-state index in [4.69, 9.17) is 4.74 Å². The van der Waals surface area contributed by atoms with E-state index in [1.54, 1.807) is 12.1 Å². The number of ether oxygens (including phenoxy) is 1. The van der Waals surface area contributed by atoms with Gasteiger partial charge in [0.1, 0.15) is 0 Å². The minimum absolute atomic E-state index is 0.321. The predicted molar refractivity (Wildman–Crippen MR) is 103 cm³/mol. The van der Waals surface area contributed by atoms with Gasteiger partial charge in [-0.05, 0) is 61.7 Å². The molecule has 1 amide bonds. The number of amides is 1. The second kappa shape index (κ2) is 7.44. The highest BCUT2D eigenvalue weighted by atomic mass is 16.5. The molecule has 0 unspecified atom stereocenters. The number of benzene rings is 2. The number of carbonyl (C=O) groups excluding carboxylic acids is 2. The van der Waals surface area contributed by atoms with Crippen molar-refractivity contribution in [2.45, 2.75) is 27.2 Å².